The molecule has 0 aromatic heterocycles. The molecular weight excluding hydrogens is 332 g/mol. The molecule has 148 valence electrons. The number of ether oxygens (including phenoxy) is 1. The van der Waals surface area contributed by atoms with Crippen molar-refractivity contribution in [3.63, 3.8) is 0 Å². The molecule has 0 unspecified atom stereocenters. The van der Waals surface area contributed by atoms with Crippen LogP contribution in [0, 0.1) is 0 Å². The van der Waals surface area contributed by atoms with Crippen molar-refractivity contribution in [2.75, 3.05) is 0 Å². The van der Waals surface area contributed by atoms with Crippen LogP contribution < -0.4 is 0 Å². The highest BCUT2D eigenvalue weighted by Gasteiger charge is 2.51. The molecule has 1 fully saturated rings. The number of amides is 2. The van der Waals surface area contributed by atoms with E-state index in [9.17, 15) is 9.59 Å². The van der Waals surface area contributed by atoms with Gasteiger partial charge in [-0.05, 0) is 32.7 Å². The Bertz CT molecular complexity index is 509. The first-order chi connectivity index (χ1) is 12.3. The molecule has 0 spiro atoms. The van der Waals surface area contributed by atoms with Crippen LogP contribution in [0.25, 0.3) is 10.4 Å². The number of nitrogens with zero attached hydrogens (tertiary/aromatic N) is 4. The fourth-order valence-electron chi connectivity index (χ4n) is 3.20. The molecule has 7 heteroatoms. The van der Waals surface area contributed by atoms with Crippen molar-refractivity contribution in [2.45, 2.75) is 110 Å². The summed E-state index contributed by atoms with van der Waals surface area (Å²) in [5, 5.41) is 3.56. The summed E-state index contributed by atoms with van der Waals surface area (Å²) in [7, 11) is 0. The summed E-state index contributed by atoms with van der Waals surface area (Å²) in [6.07, 6.45) is 10.8. The molecule has 1 heterocycles. The third kappa shape index (κ3) is 7.24. The van der Waals surface area contributed by atoms with E-state index in [1.807, 2.05) is 0 Å². The molecule has 2 amide bonds. The minimum atomic E-state index is -0.776. The minimum Gasteiger partial charge on any atom is -0.443 e. The van der Waals surface area contributed by atoms with Gasteiger partial charge in [0.05, 0.1) is 6.04 Å². The van der Waals surface area contributed by atoms with E-state index < -0.39 is 23.6 Å². The number of β-lactam (4-membered cyclic amide) rings is 1. The predicted octanol–water partition coefficient (Wildman–Crippen LogP) is 5.73. The fraction of sp³-hybridized carbons (Fsp3) is 0.895. The maximum absolute atomic E-state index is 12.2. The number of unbranched alkanes of at least 4 members (excludes halogenated alkanes) is 8. The Kier molecular flexibility index (Phi) is 9.49. The molecule has 0 aromatic rings. The average molecular weight is 367 g/mol. The number of hydrogen-bond donors (Lipinski definition) is 0. The van der Waals surface area contributed by atoms with Gasteiger partial charge in [0.15, 0.2) is 0 Å². The minimum absolute atomic E-state index is 0.377. The van der Waals surface area contributed by atoms with Gasteiger partial charge in [0.25, 0.3) is 0 Å². The van der Waals surface area contributed by atoms with Gasteiger partial charge in [0.1, 0.15) is 11.6 Å². The number of azide groups is 1. The van der Waals surface area contributed by atoms with Crippen LogP contribution in [0.5, 0.6) is 0 Å². The lowest BCUT2D eigenvalue weighted by molar-refractivity contribution is -0.147. The van der Waals surface area contributed by atoms with Crippen LogP contribution in [-0.2, 0) is 9.53 Å². The van der Waals surface area contributed by atoms with E-state index in [4.69, 9.17) is 10.3 Å². The molecule has 1 aliphatic rings. The lowest BCUT2D eigenvalue weighted by atomic mass is 9.91. The molecule has 0 radical (unpaired) electrons. The molecule has 0 saturated carbocycles. The second kappa shape index (κ2) is 11.1. The third-order valence-electron chi connectivity index (χ3n) is 4.56. The van der Waals surface area contributed by atoms with E-state index in [1.165, 1.54) is 38.5 Å². The highest BCUT2D eigenvalue weighted by Crippen LogP contribution is 2.30. The zero-order valence-corrected chi connectivity index (χ0v) is 16.7. The summed E-state index contributed by atoms with van der Waals surface area (Å²) in [6, 6.07) is -1.15. The van der Waals surface area contributed by atoms with Crippen molar-refractivity contribution in [1.29, 1.82) is 0 Å². The quantitative estimate of drug-likeness (QED) is 0.153. The number of carbonyl (C=O) groups excluding carboxylic acids is 2. The Hall–Kier alpha value is -1.75. The van der Waals surface area contributed by atoms with Crippen LogP contribution in [0.3, 0.4) is 0 Å². The predicted molar refractivity (Wildman–Crippen MR) is 102 cm³/mol. The SMILES string of the molecule is CCCCCCCCCCC[C@@H]1[C@@H](N=[N+]=[N-])C(=O)N1C(=O)OC(C)(C)C. The van der Waals surface area contributed by atoms with E-state index in [2.05, 4.69) is 16.9 Å². The van der Waals surface area contributed by atoms with Gasteiger partial charge in [-0.15, -0.1) is 0 Å². The Balaban J connectivity index is 2.38. The molecule has 1 rings (SSSR count). The third-order valence-corrected chi connectivity index (χ3v) is 4.56. The number of hydrogen-bond acceptors (Lipinski definition) is 4. The first-order valence-electron chi connectivity index (χ1n) is 9.92. The van der Waals surface area contributed by atoms with Gasteiger partial charge in [-0.1, -0.05) is 69.8 Å². The van der Waals surface area contributed by atoms with Crippen molar-refractivity contribution >= 4 is 12.0 Å². The fourth-order valence-corrected chi connectivity index (χ4v) is 3.20. The Labute approximate surface area is 157 Å². The average Bonchev–Trinajstić information content (AvgIpc) is 2.55. The van der Waals surface area contributed by atoms with Gasteiger partial charge in [-0.3, -0.25) is 4.79 Å². The number of imide groups is 1. The van der Waals surface area contributed by atoms with E-state index in [0.717, 1.165) is 24.2 Å². The largest absolute Gasteiger partial charge is 0.443 e. The van der Waals surface area contributed by atoms with Crippen molar-refractivity contribution in [1.82, 2.24) is 4.90 Å². The van der Waals surface area contributed by atoms with Crippen LogP contribution in [0.4, 0.5) is 4.79 Å². The maximum Gasteiger partial charge on any atom is 0.417 e. The summed E-state index contributed by atoms with van der Waals surface area (Å²) in [6.45, 7) is 7.50. The zero-order valence-electron chi connectivity index (χ0n) is 16.7. The lowest BCUT2D eigenvalue weighted by Gasteiger charge is -2.43. The Morgan fingerprint density at radius 1 is 1.12 bits per heavy atom. The van der Waals surface area contributed by atoms with Gasteiger partial charge in [-0.25, -0.2) is 9.69 Å². The second-order valence-electron chi connectivity index (χ2n) is 8.02. The second-order valence-corrected chi connectivity index (χ2v) is 8.02. The van der Waals surface area contributed by atoms with Crippen LogP contribution in [0.1, 0.15) is 91.9 Å². The summed E-state index contributed by atoms with van der Waals surface area (Å²) in [5.74, 6) is -0.460. The molecule has 0 aromatic carbocycles. The summed E-state index contributed by atoms with van der Waals surface area (Å²) in [4.78, 5) is 28.2. The van der Waals surface area contributed by atoms with Gasteiger partial charge in [0, 0.05) is 4.91 Å². The summed E-state index contributed by atoms with van der Waals surface area (Å²) in [5.41, 5.74) is 7.99. The van der Waals surface area contributed by atoms with Gasteiger partial charge in [-0.2, -0.15) is 0 Å². The van der Waals surface area contributed by atoms with Gasteiger partial charge in [0.2, 0.25) is 5.91 Å². The van der Waals surface area contributed by atoms with Crippen molar-refractivity contribution in [3.05, 3.63) is 10.4 Å². The monoisotopic (exact) mass is 366 g/mol. The molecular formula is C19H34N4O3. The summed E-state index contributed by atoms with van der Waals surface area (Å²) < 4.78 is 5.29. The van der Waals surface area contributed by atoms with Crippen LogP contribution >= 0.6 is 0 Å². The van der Waals surface area contributed by atoms with E-state index in [0.29, 0.717) is 6.42 Å². The topological polar surface area (TPSA) is 95.4 Å². The van der Waals surface area contributed by atoms with Crippen molar-refractivity contribution in [2.24, 2.45) is 5.11 Å². The smallest absolute Gasteiger partial charge is 0.417 e. The lowest BCUT2D eigenvalue weighted by Crippen LogP contribution is -2.66. The molecule has 1 aliphatic heterocycles. The zero-order chi connectivity index (χ0) is 19.6. The van der Waals surface area contributed by atoms with E-state index in [-0.39, 0.29) is 6.04 Å². The van der Waals surface area contributed by atoms with Gasteiger partial charge >= 0.3 is 6.09 Å². The molecule has 1 saturated heterocycles. The van der Waals surface area contributed by atoms with Crippen LogP contribution in [0.2, 0.25) is 0 Å². The summed E-state index contributed by atoms with van der Waals surface area (Å²) >= 11 is 0. The van der Waals surface area contributed by atoms with Crippen LogP contribution in [-0.4, -0.2) is 34.6 Å². The maximum atomic E-state index is 12.2. The molecule has 0 bridgehead atoms. The van der Waals surface area contributed by atoms with E-state index >= 15 is 0 Å². The Morgan fingerprint density at radius 2 is 1.65 bits per heavy atom. The molecule has 2 atom stereocenters. The molecule has 0 aliphatic carbocycles. The van der Waals surface area contributed by atoms with Crippen molar-refractivity contribution < 1.29 is 14.3 Å². The first kappa shape index (κ1) is 22.3. The standard InChI is InChI=1S/C19H34N4O3/c1-5-6-7-8-9-10-11-12-13-14-15-16(21-22-20)17(24)23(15)18(25)26-19(2,3)4/h15-16H,5-14H2,1-4H3/t15-,16-/m1/s1. The van der Waals surface area contributed by atoms with Crippen LogP contribution in [0.15, 0.2) is 5.11 Å². The normalized spacial score (nSPS) is 19.7. The Morgan fingerprint density at radius 3 is 2.15 bits per heavy atom. The first-order valence-corrected chi connectivity index (χ1v) is 9.92. The number of rotatable bonds is 11. The molecule has 26 heavy (non-hydrogen) atoms. The molecule has 0 N–H and O–H groups in total. The van der Waals surface area contributed by atoms with Gasteiger partial charge < -0.3 is 4.74 Å². The van der Waals surface area contributed by atoms with E-state index in [1.54, 1.807) is 20.8 Å². The van der Waals surface area contributed by atoms with Crippen molar-refractivity contribution in [3.8, 4) is 0 Å². The number of carbonyl (C=O) groups is 2. The molecule has 7 nitrogen and oxygen atoms in total. The highest BCUT2D eigenvalue weighted by atomic mass is 16.6. The highest BCUT2D eigenvalue weighted by molar-refractivity contribution is 6.01. The number of likely N-dealkylation sites (tertiary alicyclic amines) is 1.